The second-order valence-corrected chi connectivity index (χ2v) is 4.89. The Labute approximate surface area is 126 Å². The average Bonchev–Trinajstić information content (AvgIpc) is 2.33. The number of halogens is 2. The van der Waals surface area contributed by atoms with Crippen LogP contribution in [0.25, 0.3) is 0 Å². The number of carbonyl (C=O) groups is 1. The third kappa shape index (κ3) is 4.64. The third-order valence-electron chi connectivity index (χ3n) is 3.27. The molecule has 1 fully saturated rings. The maximum Gasteiger partial charge on any atom is 0.245 e. The fourth-order valence-electron chi connectivity index (χ4n) is 2.05. The number of aryl methyl sites for hydroxylation is 1. The van der Waals surface area contributed by atoms with Crippen LogP contribution in [0.2, 0.25) is 0 Å². The lowest BCUT2D eigenvalue weighted by Crippen LogP contribution is -2.54. The second-order valence-electron chi connectivity index (χ2n) is 4.89. The van der Waals surface area contributed by atoms with Crippen LogP contribution in [-0.4, -0.2) is 23.0 Å². The molecular weight excluding hydrogens is 285 g/mol. The summed E-state index contributed by atoms with van der Waals surface area (Å²) < 4.78 is 0. The molecule has 108 valence electrons. The molecule has 0 bridgehead atoms. The molecule has 0 aliphatic carbocycles. The molecule has 1 aromatic rings. The molecule has 0 spiro atoms. The summed E-state index contributed by atoms with van der Waals surface area (Å²) in [5, 5.41) is 6.15. The normalized spacial score (nSPS) is 21.8. The molecule has 1 saturated heterocycles. The molecule has 1 aliphatic rings. The van der Waals surface area contributed by atoms with Crippen LogP contribution < -0.4 is 10.6 Å². The zero-order valence-corrected chi connectivity index (χ0v) is 12.9. The first-order chi connectivity index (χ1) is 8.10. The molecule has 1 aliphatic heterocycles. The van der Waals surface area contributed by atoms with E-state index in [1.807, 2.05) is 26.0 Å². The Bertz CT molecular complexity index is 403. The zero-order valence-electron chi connectivity index (χ0n) is 11.2. The topological polar surface area (TPSA) is 54.0 Å². The highest BCUT2D eigenvalue weighted by atomic mass is 35.5. The number of hydrogen-bond donors (Lipinski definition) is 2. The first-order valence-corrected chi connectivity index (χ1v) is 6.09. The lowest BCUT2D eigenvalue weighted by atomic mass is 9.90. The number of piperidine rings is 1. The number of nitrogens with one attached hydrogen (secondary N) is 2. The van der Waals surface area contributed by atoms with E-state index in [2.05, 4.69) is 15.6 Å². The Kier molecular flexibility index (Phi) is 7.34. The number of nitrogens with zero attached hydrogens (tertiary/aromatic N) is 1. The van der Waals surface area contributed by atoms with Gasteiger partial charge in [0.15, 0.2) is 0 Å². The highest BCUT2D eigenvalue weighted by Crippen LogP contribution is 2.20. The predicted molar refractivity (Wildman–Crippen MR) is 82.4 cm³/mol. The van der Waals surface area contributed by atoms with Crippen molar-refractivity contribution in [3.63, 3.8) is 0 Å². The van der Waals surface area contributed by atoms with Gasteiger partial charge in [-0.2, -0.15) is 0 Å². The summed E-state index contributed by atoms with van der Waals surface area (Å²) >= 11 is 0. The molecule has 1 atom stereocenters. The van der Waals surface area contributed by atoms with Gasteiger partial charge in [-0.3, -0.25) is 4.79 Å². The van der Waals surface area contributed by atoms with Crippen molar-refractivity contribution < 1.29 is 4.79 Å². The van der Waals surface area contributed by atoms with E-state index in [9.17, 15) is 4.79 Å². The van der Waals surface area contributed by atoms with Gasteiger partial charge in [-0.15, -0.1) is 24.8 Å². The Morgan fingerprint density at radius 2 is 2.11 bits per heavy atom. The standard InChI is InChI=1S/C13H19N3O.2ClH/c1-10-5-6-11(14-9-10)16-12(17)13(2)7-3-4-8-15-13;;/h5-6,9,15H,3-4,7-8H2,1-2H3,(H,14,16,17);2*1H. The maximum absolute atomic E-state index is 12.2. The molecule has 2 rings (SSSR count). The zero-order chi connectivity index (χ0) is 12.3. The van der Waals surface area contributed by atoms with Crippen molar-refractivity contribution in [2.24, 2.45) is 0 Å². The van der Waals surface area contributed by atoms with Gasteiger partial charge in [0, 0.05) is 6.20 Å². The lowest BCUT2D eigenvalue weighted by molar-refractivity contribution is -0.122. The molecule has 19 heavy (non-hydrogen) atoms. The SMILES string of the molecule is Cc1ccc(NC(=O)C2(C)CCCCN2)nc1.Cl.Cl. The number of amides is 1. The van der Waals surface area contributed by atoms with Gasteiger partial charge in [0.2, 0.25) is 5.91 Å². The summed E-state index contributed by atoms with van der Waals surface area (Å²) in [5.41, 5.74) is 0.634. The van der Waals surface area contributed by atoms with Crippen molar-refractivity contribution in [2.75, 3.05) is 11.9 Å². The maximum atomic E-state index is 12.2. The molecule has 0 radical (unpaired) electrons. The molecule has 6 heteroatoms. The molecule has 4 nitrogen and oxygen atoms in total. The van der Waals surface area contributed by atoms with Crippen LogP contribution in [0.4, 0.5) is 5.82 Å². The molecule has 0 saturated carbocycles. The first-order valence-electron chi connectivity index (χ1n) is 6.09. The monoisotopic (exact) mass is 305 g/mol. The van der Waals surface area contributed by atoms with Crippen molar-refractivity contribution in [1.29, 1.82) is 0 Å². The molecule has 0 aromatic carbocycles. The van der Waals surface area contributed by atoms with Gasteiger partial charge in [-0.1, -0.05) is 6.07 Å². The van der Waals surface area contributed by atoms with Gasteiger partial charge in [-0.25, -0.2) is 4.98 Å². The molecule has 1 amide bonds. The summed E-state index contributed by atoms with van der Waals surface area (Å²) in [6, 6.07) is 3.78. The largest absolute Gasteiger partial charge is 0.309 e. The van der Waals surface area contributed by atoms with Gasteiger partial charge in [-0.05, 0) is 51.3 Å². The summed E-state index contributed by atoms with van der Waals surface area (Å²) in [7, 11) is 0. The van der Waals surface area contributed by atoms with Crippen molar-refractivity contribution >= 4 is 36.5 Å². The van der Waals surface area contributed by atoms with Crippen LogP contribution in [0.5, 0.6) is 0 Å². The number of pyridine rings is 1. The summed E-state index contributed by atoms with van der Waals surface area (Å²) in [5.74, 6) is 0.628. The minimum Gasteiger partial charge on any atom is -0.309 e. The Morgan fingerprint density at radius 1 is 1.37 bits per heavy atom. The number of anilines is 1. The molecule has 2 heterocycles. The van der Waals surface area contributed by atoms with Crippen LogP contribution in [0, 0.1) is 6.92 Å². The van der Waals surface area contributed by atoms with E-state index in [-0.39, 0.29) is 30.7 Å². The highest BCUT2D eigenvalue weighted by molar-refractivity contribution is 5.97. The van der Waals surface area contributed by atoms with E-state index in [1.165, 1.54) is 0 Å². The molecule has 1 aromatic heterocycles. The van der Waals surface area contributed by atoms with Crippen LogP contribution >= 0.6 is 24.8 Å². The fourth-order valence-corrected chi connectivity index (χ4v) is 2.05. The number of aromatic nitrogens is 1. The Hall–Kier alpha value is -0.840. The second kappa shape index (κ2) is 7.68. The van der Waals surface area contributed by atoms with E-state index in [0.717, 1.165) is 31.4 Å². The van der Waals surface area contributed by atoms with Gasteiger partial charge >= 0.3 is 0 Å². The summed E-state index contributed by atoms with van der Waals surface area (Å²) in [6.45, 7) is 4.84. The van der Waals surface area contributed by atoms with Gasteiger partial charge in [0.05, 0.1) is 5.54 Å². The first kappa shape index (κ1) is 18.2. The van der Waals surface area contributed by atoms with Crippen LogP contribution in [0.1, 0.15) is 31.7 Å². The molecular formula is C13H21Cl2N3O. The Morgan fingerprint density at radius 3 is 2.63 bits per heavy atom. The third-order valence-corrected chi connectivity index (χ3v) is 3.27. The van der Waals surface area contributed by atoms with E-state index in [4.69, 9.17) is 0 Å². The molecule has 2 N–H and O–H groups in total. The minimum absolute atomic E-state index is 0. The van der Waals surface area contributed by atoms with Crippen LogP contribution in [0.3, 0.4) is 0 Å². The lowest BCUT2D eigenvalue weighted by Gasteiger charge is -2.33. The van der Waals surface area contributed by atoms with Gasteiger partial charge in [0.1, 0.15) is 5.82 Å². The van der Waals surface area contributed by atoms with Crippen LogP contribution in [0.15, 0.2) is 18.3 Å². The van der Waals surface area contributed by atoms with Gasteiger partial charge in [0.25, 0.3) is 0 Å². The van der Waals surface area contributed by atoms with Crippen LogP contribution in [-0.2, 0) is 4.79 Å². The molecule has 1 unspecified atom stereocenters. The van der Waals surface area contributed by atoms with Crippen molar-refractivity contribution in [3.05, 3.63) is 23.9 Å². The number of rotatable bonds is 2. The van der Waals surface area contributed by atoms with Crippen molar-refractivity contribution in [3.8, 4) is 0 Å². The van der Waals surface area contributed by atoms with E-state index in [0.29, 0.717) is 5.82 Å². The quantitative estimate of drug-likeness (QED) is 0.883. The van der Waals surface area contributed by atoms with Crippen molar-refractivity contribution in [1.82, 2.24) is 10.3 Å². The van der Waals surface area contributed by atoms with E-state index >= 15 is 0 Å². The number of carbonyl (C=O) groups excluding carboxylic acids is 1. The van der Waals surface area contributed by atoms with E-state index < -0.39 is 5.54 Å². The van der Waals surface area contributed by atoms with E-state index in [1.54, 1.807) is 6.20 Å². The number of hydrogen-bond acceptors (Lipinski definition) is 3. The summed E-state index contributed by atoms with van der Waals surface area (Å²) in [6.07, 6.45) is 4.88. The predicted octanol–water partition coefficient (Wildman–Crippen LogP) is 2.70. The van der Waals surface area contributed by atoms with Gasteiger partial charge < -0.3 is 10.6 Å². The fraction of sp³-hybridized carbons (Fsp3) is 0.538. The van der Waals surface area contributed by atoms with Crippen molar-refractivity contribution in [2.45, 2.75) is 38.6 Å². The Balaban J connectivity index is 0.00000162. The highest BCUT2D eigenvalue weighted by Gasteiger charge is 2.34. The average molecular weight is 306 g/mol. The summed E-state index contributed by atoms with van der Waals surface area (Å²) in [4.78, 5) is 16.3. The smallest absolute Gasteiger partial charge is 0.245 e. The minimum atomic E-state index is -0.454.